The number of aromatic nitrogens is 2. The molecule has 0 saturated carbocycles. The molecule has 0 radical (unpaired) electrons. The Morgan fingerprint density at radius 2 is 2.10 bits per heavy atom. The van der Waals surface area contributed by atoms with Crippen LogP contribution in [0.3, 0.4) is 0 Å². The monoisotopic (exact) mass is 273 g/mol. The molecular weight excluding hydrogens is 254 g/mol. The van der Waals surface area contributed by atoms with Gasteiger partial charge in [0.05, 0.1) is 23.1 Å². The Morgan fingerprint density at radius 1 is 1.35 bits per heavy atom. The van der Waals surface area contributed by atoms with Crippen molar-refractivity contribution < 1.29 is 9.90 Å². The van der Waals surface area contributed by atoms with Crippen LogP contribution in [-0.2, 0) is 6.42 Å². The van der Waals surface area contributed by atoms with Crippen LogP contribution in [0, 0.1) is 0 Å². The summed E-state index contributed by atoms with van der Waals surface area (Å²) in [6, 6.07) is 9.75. The smallest absolute Gasteiger partial charge is 0.254 e. The Labute approximate surface area is 118 Å². The summed E-state index contributed by atoms with van der Waals surface area (Å²) in [6.45, 7) is 2.54. The molecule has 0 aliphatic carbocycles. The second-order valence-corrected chi connectivity index (χ2v) is 4.44. The summed E-state index contributed by atoms with van der Waals surface area (Å²) in [6.07, 6.45) is 2.87. The highest BCUT2D eigenvalue weighted by atomic mass is 16.3. The average Bonchev–Trinajstić information content (AvgIpc) is 2.92. The Balaban J connectivity index is 2.24. The molecule has 20 heavy (non-hydrogen) atoms. The summed E-state index contributed by atoms with van der Waals surface area (Å²) in [7, 11) is 0. The van der Waals surface area contributed by atoms with Gasteiger partial charge in [0, 0.05) is 13.2 Å². The van der Waals surface area contributed by atoms with Gasteiger partial charge >= 0.3 is 0 Å². The number of aliphatic hydroxyl groups excluding tert-OH is 1. The van der Waals surface area contributed by atoms with Gasteiger partial charge in [0.15, 0.2) is 0 Å². The SMILES string of the molecule is CCc1c(C(=O)NCCCO)cnn1-c1ccccc1. The third-order valence-electron chi connectivity index (χ3n) is 3.07. The summed E-state index contributed by atoms with van der Waals surface area (Å²) < 4.78 is 1.79. The molecule has 0 saturated heterocycles. The van der Waals surface area contributed by atoms with Crippen molar-refractivity contribution in [2.75, 3.05) is 13.2 Å². The van der Waals surface area contributed by atoms with Crippen LogP contribution in [-0.4, -0.2) is 33.9 Å². The number of nitrogens with zero attached hydrogens (tertiary/aromatic N) is 2. The van der Waals surface area contributed by atoms with Crippen LogP contribution >= 0.6 is 0 Å². The number of para-hydroxylation sites is 1. The molecule has 106 valence electrons. The minimum absolute atomic E-state index is 0.0736. The number of carbonyl (C=O) groups excluding carboxylic acids is 1. The predicted octanol–water partition coefficient (Wildman–Crippen LogP) is 1.55. The molecule has 0 fully saturated rings. The summed E-state index contributed by atoms with van der Waals surface area (Å²) in [4.78, 5) is 12.1. The zero-order valence-corrected chi connectivity index (χ0v) is 11.5. The molecular formula is C15H19N3O2. The van der Waals surface area contributed by atoms with Gasteiger partial charge in [0.25, 0.3) is 5.91 Å². The molecule has 1 aromatic carbocycles. The quantitative estimate of drug-likeness (QED) is 0.785. The van der Waals surface area contributed by atoms with Crippen LogP contribution in [0.5, 0.6) is 0 Å². The Bertz CT molecular complexity index is 564. The van der Waals surface area contributed by atoms with Crippen LogP contribution in [0.2, 0.25) is 0 Å². The van der Waals surface area contributed by atoms with Gasteiger partial charge in [-0.3, -0.25) is 4.79 Å². The van der Waals surface area contributed by atoms with Crippen molar-refractivity contribution in [2.45, 2.75) is 19.8 Å². The highest BCUT2D eigenvalue weighted by Gasteiger charge is 2.16. The van der Waals surface area contributed by atoms with E-state index in [9.17, 15) is 4.79 Å². The minimum atomic E-state index is -0.141. The molecule has 2 N–H and O–H groups in total. The van der Waals surface area contributed by atoms with Crippen LogP contribution in [0.1, 0.15) is 29.4 Å². The first kappa shape index (κ1) is 14.3. The zero-order valence-electron chi connectivity index (χ0n) is 11.5. The van der Waals surface area contributed by atoms with E-state index in [-0.39, 0.29) is 12.5 Å². The fourth-order valence-corrected chi connectivity index (χ4v) is 2.07. The van der Waals surface area contributed by atoms with Gasteiger partial charge in [0.1, 0.15) is 0 Å². The fraction of sp³-hybridized carbons (Fsp3) is 0.333. The van der Waals surface area contributed by atoms with E-state index < -0.39 is 0 Å². The molecule has 5 heteroatoms. The van der Waals surface area contributed by atoms with Gasteiger partial charge in [0.2, 0.25) is 0 Å². The highest BCUT2D eigenvalue weighted by molar-refractivity contribution is 5.95. The first-order chi connectivity index (χ1) is 9.77. The van der Waals surface area contributed by atoms with Gasteiger partial charge in [-0.15, -0.1) is 0 Å². The van der Waals surface area contributed by atoms with Gasteiger partial charge in [-0.2, -0.15) is 5.10 Å². The Hall–Kier alpha value is -2.14. The van der Waals surface area contributed by atoms with Crippen LogP contribution in [0.15, 0.2) is 36.5 Å². The maximum Gasteiger partial charge on any atom is 0.254 e. The van der Waals surface area contributed by atoms with E-state index in [2.05, 4.69) is 10.4 Å². The summed E-state index contributed by atoms with van der Waals surface area (Å²) in [5, 5.41) is 15.8. The second-order valence-electron chi connectivity index (χ2n) is 4.44. The largest absolute Gasteiger partial charge is 0.396 e. The molecule has 2 aromatic rings. The highest BCUT2D eigenvalue weighted by Crippen LogP contribution is 2.15. The van der Waals surface area contributed by atoms with Crippen molar-refractivity contribution in [2.24, 2.45) is 0 Å². The van der Waals surface area contributed by atoms with Crippen molar-refractivity contribution in [3.63, 3.8) is 0 Å². The van der Waals surface area contributed by atoms with Gasteiger partial charge in [-0.25, -0.2) is 4.68 Å². The second kappa shape index (κ2) is 6.86. The molecule has 0 atom stereocenters. The van der Waals surface area contributed by atoms with Crippen molar-refractivity contribution in [1.82, 2.24) is 15.1 Å². The molecule has 2 rings (SSSR count). The minimum Gasteiger partial charge on any atom is -0.396 e. The number of nitrogens with one attached hydrogen (secondary N) is 1. The molecule has 1 heterocycles. The molecule has 0 aliphatic rings. The lowest BCUT2D eigenvalue weighted by atomic mass is 10.2. The van der Waals surface area contributed by atoms with E-state index in [4.69, 9.17) is 5.11 Å². The van der Waals surface area contributed by atoms with Crippen molar-refractivity contribution in [3.05, 3.63) is 47.8 Å². The fourth-order valence-electron chi connectivity index (χ4n) is 2.07. The summed E-state index contributed by atoms with van der Waals surface area (Å²) >= 11 is 0. The lowest BCUT2D eigenvalue weighted by Gasteiger charge is -2.08. The predicted molar refractivity (Wildman–Crippen MR) is 77.0 cm³/mol. The number of amides is 1. The third-order valence-corrected chi connectivity index (χ3v) is 3.07. The van der Waals surface area contributed by atoms with Crippen LogP contribution in [0.4, 0.5) is 0 Å². The van der Waals surface area contributed by atoms with E-state index >= 15 is 0 Å². The number of carbonyl (C=O) groups is 1. The summed E-state index contributed by atoms with van der Waals surface area (Å²) in [5.41, 5.74) is 2.42. The van der Waals surface area contributed by atoms with Crippen LogP contribution in [0.25, 0.3) is 5.69 Å². The Morgan fingerprint density at radius 3 is 2.75 bits per heavy atom. The van der Waals surface area contributed by atoms with Crippen molar-refractivity contribution >= 4 is 5.91 Å². The summed E-state index contributed by atoms with van der Waals surface area (Å²) in [5.74, 6) is -0.141. The lowest BCUT2D eigenvalue weighted by Crippen LogP contribution is -2.25. The van der Waals surface area contributed by atoms with Crippen LogP contribution < -0.4 is 5.32 Å². The molecule has 0 unspecified atom stereocenters. The number of hydrogen-bond acceptors (Lipinski definition) is 3. The zero-order chi connectivity index (χ0) is 14.4. The van der Waals surface area contributed by atoms with Crippen molar-refractivity contribution in [1.29, 1.82) is 0 Å². The molecule has 5 nitrogen and oxygen atoms in total. The first-order valence-electron chi connectivity index (χ1n) is 6.79. The van der Waals surface area contributed by atoms with E-state index in [1.54, 1.807) is 10.9 Å². The lowest BCUT2D eigenvalue weighted by molar-refractivity contribution is 0.0950. The standard InChI is InChI=1S/C15H19N3O2/c1-2-14-13(15(20)16-9-6-10-19)11-17-18(14)12-7-4-3-5-8-12/h3-5,7-8,11,19H,2,6,9-10H2,1H3,(H,16,20). The Kier molecular flexibility index (Phi) is 4.90. The average molecular weight is 273 g/mol. The van der Waals surface area contributed by atoms with E-state index in [0.717, 1.165) is 17.8 Å². The topological polar surface area (TPSA) is 67.2 Å². The number of benzene rings is 1. The third kappa shape index (κ3) is 3.05. The normalized spacial score (nSPS) is 10.5. The molecule has 1 amide bonds. The molecule has 0 spiro atoms. The number of hydrogen-bond donors (Lipinski definition) is 2. The molecule has 0 bridgehead atoms. The molecule has 0 aliphatic heterocycles. The van der Waals surface area contributed by atoms with Crippen molar-refractivity contribution in [3.8, 4) is 5.69 Å². The van der Waals surface area contributed by atoms with E-state index in [1.165, 1.54) is 0 Å². The van der Waals surface area contributed by atoms with Gasteiger partial charge < -0.3 is 10.4 Å². The van der Waals surface area contributed by atoms with E-state index in [0.29, 0.717) is 18.5 Å². The van der Waals surface area contributed by atoms with Gasteiger partial charge in [-0.05, 0) is 25.0 Å². The first-order valence-corrected chi connectivity index (χ1v) is 6.79. The maximum atomic E-state index is 12.1. The van der Waals surface area contributed by atoms with E-state index in [1.807, 2.05) is 37.3 Å². The number of rotatable bonds is 6. The number of aliphatic hydroxyl groups is 1. The maximum absolute atomic E-state index is 12.1. The van der Waals surface area contributed by atoms with Gasteiger partial charge in [-0.1, -0.05) is 25.1 Å². The molecule has 1 aromatic heterocycles.